The molecular formula is C44H48F8N8O8. The number of para-hydroxylation sites is 2. The van der Waals surface area contributed by atoms with E-state index in [1.165, 1.54) is 9.80 Å². The van der Waals surface area contributed by atoms with E-state index in [2.05, 4.69) is 20.8 Å². The summed E-state index contributed by atoms with van der Waals surface area (Å²) in [5.41, 5.74) is -7.62. The average molecular weight is 969 g/mol. The fourth-order valence-electron chi connectivity index (χ4n) is 7.21. The van der Waals surface area contributed by atoms with E-state index in [-0.39, 0.29) is 109 Å². The maximum atomic E-state index is 14.6. The summed E-state index contributed by atoms with van der Waals surface area (Å²) in [5.74, 6) is -5.04. The molecule has 4 heterocycles. The lowest BCUT2D eigenvalue weighted by Gasteiger charge is -2.34. The van der Waals surface area contributed by atoms with Gasteiger partial charge < -0.3 is 30.3 Å². The number of aromatic nitrogens is 4. The minimum absolute atomic E-state index is 0.00831. The van der Waals surface area contributed by atoms with Gasteiger partial charge in [-0.2, -0.15) is 36.5 Å². The summed E-state index contributed by atoms with van der Waals surface area (Å²) >= 11 is 0. The van der Waals surface area contributed by atoms with Crippen molar-refractivity contribution in [1.82, 2.24) is 40.0 Å². The lowest BCUT2D eigenvalue weighted by atomic mass is 9.93. The Kier molecular flexibility index (Phi) is 17.1. The Hall–Kier alpha value is -6.88. The number of ether oxygens (including phenoxy) is 1. The molecule has 0 spiro atoms. The average Bonchev–Trinajstić information content (AvgIpc) is 3.98. The Balaban J connectivity index is 0.000000255. The van der Waals surface area contributed by atoms with Crippen molar-refractivity contribution in [3.63, 3.8) is 0 Å². The summed E-state index contributed by atoms with van der Waals surface area (Å²) in [6.07, 6.45) is -8.30. The van der Waals surface area contributed by atoms with Crippen molar-refractivity contribution < 1.29 is 73.7 Å². The Morgan fingerprint density at radius 1 is 0.632 bits per heavy atom. The smallest absolute Gasteiger partial charge is 0.435 e. The molecule has 0 radical (unpaired) electrons. The maximum Gasteiger partial charge on any atom is 0.435 e. The Bertz CT molecular complexity index is 2390. The van der Waals surface area contributed by atoms with Crippen LogP contribution in [0.15, 0.2) is 73.1 Å². The van der Waals surface area contributed by atoms with Gasteiger partial charge in [-0.1, -0.05) is 36.4 Å². The molecule has 0 aliphatic carbocycles. The van der Waals surface area contributed by atoms with Crippen LogP contribution in [-0.4, -0.2) is 127 Å². The molecule has 4 aromatic rings. The summed E-state index contributed by atoms with van der Waals surface area (Å²) < 4.78 is 116. The maximum absolute atomic E-state index is 14.6. The monoisotopic (exact) mass is 968 g/mol. The number of rotatable bonds is 15. The number of hydrogen-bond acceptors (Lipinski definition) is 9. The molecule has 3 N–H and O–H groups in total. The van der Waals surface area contributed by atoms with Crippen molar-refractivity contribution in [1.29, 1.82) is 0 Å². The van der Waals surface area contributed by atoms with E-state index < -0.39 is 70.0 Å². The molecule has 0 saturated carbocycles. The van der Waals surface area contributed by atoms with Gasteiger partial charge in [-0.3, -0.25) is 19.2 Å². The second-order valence-electron chi connectivity index (χ2n) is 15.8. The number of carbonyl (C=O) groups excluding carboxylic acids is 5. The van der Waals surface area contributed by atoms with Crippen LogP contribution in [0.2, 0.25) is 0 Å². The lowest BCUT2D eigenvalue weighted by molar-refractivity contribution is -0.162. The molecule has 2 aromatic carbocycles. The number of hydrogen-bond donors (Lipinski definition) is 3. The van der Waals surface area contributed by atoms with Crippen LogP contribution in [0.25, 0.3) is 11.4 Å². The van der Waals surface area contributed by atoms with Crippen LogP contribution in [-0.2, 0) is 36.3 Å². The number of esters is 1. The summed E-state index contributed by atoms with van der Waals surface area (Å²) in [5, 5.41) is 20.7. The van der Waals surface area contributed by atoms with Crippen LogP contribution in [0.3, 0.4) is 0 Å². The number of likely N-dealkylation sites (tertiary alicyclic amines) is 2. The second-order valence-corrected chi connectivity index (χ2v) is 15.8. The zero-order valence-electron chi connectivity index (χ0n) is 36.5. The van der Waals surface area contributed by atoms with Gasteiger partial charge in [0.25, 0.3) is 11.8 Å². The molecule has 2 aliphatic heterocycles. The topological polar surface area (TPSA) is 198 Å². The van der Waals surface area contributed by atoms with Gasteiger partial charge >= 0.3 is 24.3 Å². The zero-order chi connectivity index (χ0) is 49.9. The summed E-state index contributed by atoms with van der Waals surface area (Å²) in [7, 11) is 0. The SMILES string of the molecule is CCOC(=O)C1(F)CCN(C(=O)CCCNC(=O)c2cn(-c3ccccc3)nc2C(F)(F)F)CC1.O=C(NCCCC(=O)N1CCC(F)(C(=O)O)CC1)c1cn(-c2ccccc2)nc1C(F)(F)F. The number of carboxylic acid groups (broad SMARTS) is 1. The molecule has 0 atom stereocenters. The third-order valence-corrected chi connectivity index (χ3v) is 11.0. The standard InChI is InChI=1S/C23H26F4N4O4.C21H22F4N4O4/c1-2-35-21(34)22(24)10-13-30(14-11-22)18(32)9-6-12-28-20(33)17-15-31(16-7-4-3-5-8-16)29-19(17)23(25,26)27;22-20(19(32)33)8-11-28(12-9-20)16(30)7-4-10-26-18(31)15-13-29(14-5-2-1-3-6-14)27-17(15)21(23,24)25/h3-5,7-8,15H,2,6,9-14H2,1H3,(H,28,33);1-3,5-6,13H,4,7-12H2,(H,26,31)(H,32,33). The normalized spacial score (nSPS) is 15.7. The molecule has 6 rings (SSSR count). The molecule has 2 saturated heterocycles. The quantitative estimate of drug-likeness (QED) is 0.0710. The highest BCUT2D eigenvalue weighted by Crippen LogP contribution is 2.33. The van der Waals surface area contributed by atoms with Gasteiger partial charge in [0.1, 0.15) is 0 Å². The molecular weight excluding hydrogens is 921 g/mol. The van der Waals surface area contributed by atoms with Crippen LogP contribution in [0, 0.1) is 0 Å². The van der Waals surface area contributed by atoms with Gasteiger partial charge in [-0.05, 0) is 44.0 Å². The van der Waals surface area contributed by atoms with Gasteiger partial charge in [0.2, 0.25) is 23.2 Å². The minimum atomic E-state index is -4.83. The second kappa shape index (κ2) is 22.3. The highest BCUT2D eigenvalue weighted by molar-refractivity contribution is 5.96. The highest BCUT2D eigenvalue weighted by Gasteiger charge is 2.45. The van der Waals surface area contributed by atoms with Crippen molar-refractivity contribution in [2.24, 2.45) is 0 Å². The van der Waals surface area contributed by atoms with Gasteiger partial charge in [0.05, 0.1) is 29.1 Å². The molecule has 2 fully saturated rings. The van der Waals surface area contributed by atoms with E-state index in [9.17, 15) is 63.9 Å². The first-order valence-corrected chi connectivity index (χ1v) is 21.4. The zero-order valence-corrected chi connectivity index (χ0v) is 36.5. The van der Waals surface area contributed by atoms with Gasteiger partial charge in [-0.25, -0.2) is 27.7 Å². The number of alkyl halides is 8. The molecule has 24 heteroatoms. The van der Waals surface area contributed by atoms with Gasteiger partial charge in [0, 0.05) is 90.2 Å². The van der Waals surface area contributed by atoms with Crippen LogP contribution in [0.1, 0.15) is 90.4 Å². The highest BCUT2D eigenvalue weighted by atomic mass is 19.4. The van der Waals surface area contributed by atoms with E-state index in [1.54, 1.807) is 67.6 Å². The molecule has 16 nitrogen and oxygen atoms in total. The molecule has 4 amide bonds. The first kappa shape index (κ1) is 52.1. The van der Waals surface area contributed by atoms with E-state index in [0.717, 1.165) is 21.8 Å². The van der Waals surface area contributed by atoms with Crippen molar-refractivity contribution in [3.05, 3.63) is 95.6 Å². The largest absolute Gasteiger partial charge is 0.479 e. The van der Waals surface area contributed by atoms with Crippen LogP contribution < -0.4 is 10.6 Å². The van der Waals surface area contributed by atoms with Gasteiger partial charge in [0.15, 0.2) is 11.4 Å². The predicted octanol–water partition coefficient (Wildman–Crippen LogP) is 6.11. The molecule has 368 valence electrons. The Morgan fingerprint density at radius 2 is 1.00 bits per heavy atom. The van der Waals surface area contributed by atoms with Crippen molar-refractivity contribution >= 4 is 35.6 Å². The third-order valence-electron chi connectivity index (χ3n) is 11.0. The molecule has 68 heavy (non-hydrogen) atoms. The summed E-state index contributed by atoms with van der Waals surface area (Å²) in [4.78, 5) is 74.8. The summed E-state index contributed by atoms with van der Waals surface area (Å²) in [6.45, 7) is 1.57. The minimum Gasteiger partial charge on any atom is -0.479 e. The fraction of sp³-hybridized carbons (Fsp3) is 0.455. The van der Waals surface area contributed by atoms with E-state index in [1.807, 2.05) is 0 Å². The first-order valence-electron chi connectivity index (χ1n) is 21.4. The molecule has 2 aliphatic rings. The van der Waals surface area contributed by atoms with Crippen LogP contribution in [0.5, 0.6) is 0 Å². The van der Waals surface area contributed by atoms with Crippen molar-refractivity contribution in [2.75, 3.05) is 45.9 Å². The number of nitrogens with one attached hydrogen (secondary N) is 2. The summed E-state index contributed by atoms with van der Waals surface area (Å²) in [6, 6.07) is 16.1. The molecule has 0 bridgehead atoms. The van der Waals surface area contributed by atoms with E-state index >= 15 is 0 Å². The van der Waals surface area contributed by atoms with Crippen molar-refractivity contribution in [3.8, 4) is 11.4 Å². The lowest BCUT2D eigenvalue weighted by Crippen LogP contribution is -2.49. The first-order chi connectivity index (χ1) is 32.1. The number of piperidine rings is 2. The molecule has 0 unspecified atom stereocenters. The third kappa shape index (κ3) is 13.4. The number of amides is 4. The van der Waals surface area contributed by atoms with E-state index in [0.29, 0.717) is 11.4 Å². The Labute approximate surface area is 383 Å². The van der Waals surface area contributed by atoms with Gasteiger partial charge in [-0.15, -0.1) is 0 Å². The van der Waals surface area contributed by atoms with Crippen LogP contribution in [0.4, 0.5) is 35.1 Å². The predicted molar refractivity (Wildman–Crippen MR) is 224 cm³/mol. The van der Waals surface area contributed by atoms with Crippen molar-refractivity contribution in [2.45, 2.75) is 82.0 Å². The number of carboxylic acids is 1. The number of benzene rings is 2. The number of carbonyl (C=O) groups is 6. The number of aliphatic carboxylic acids is 1. The Morgan fingerprint density at radius 3 is 1.34 bits per heavy atom. The fourth-order valence-corrected chi connectivity index (χ4v) is 7.21. The van der Waals surface area contributed by atoms with E-state index in [4.69, 9.17) is 9.84 Å². The van der Waals surface area contributed by atoms with Crippen LogP contribution >= 0.6 is 0 Å². The molecule has 2 aromatic heterocycles. The number of halogens is 8. The number of nitrogens with zero attached hydrogens (tertiary/aromatic N) is 6.